The van der Waals surface area contributed by atoms with Crippen molar-refractivity contribution in [2.75, 3.05) is 23.8 Å². The SMILES string of the molecule is CCCCN(C(=O)COc1ccccc1C)c1c(N)n(Cc2ccccc2)c(=O)[nH]c1=O. The highest BCUT2D eigenvalue weighted by atomic mass is 16.5. The largest absolute Gasteiger partial charge is 0.483 e. The van der Waals surface area contributed by atoms with Crippen LogP contribution in [0, 0.1) is 6.92 Å². The third kappa shape index (κ3) is 5.26. The molecule has 3 aromatic rings. The number of aromatic amines is 1. The van der Waals surface area contributed by atoms with Gasteiger partial charge < -0.3 is 15.4 Å². The number of hydrogen-bond acceptors (Lipinski definition) is 5. The number of H-pyrrole nitrogens is 1. The minimum Gasteiger partial charge on any atom is -0.483 e. The molecule has 0 aliphatic carbocycles. The molecule has 1 aromatic heterocycles. The maximum Gasteiger partial charge on any atom is 0.330 e. The maximum atomic E-state index is 13.1. The number of aromatic nitrogens is 2. The number of hydrogen-bond donors (Lipinski definition) is 2. The number of anilines is 2. The summed E-state index contributed by atoms with van der Waals surface area (Å²) < 4.78 is 6.96. The molecule has 0 fully saturated rings. The van der Waals surface area contributed by atoms with E-state index in [4.69, 9.17) is 10.5 Å². The molecule has 0 aliphatic rings. The minimum absolute atomic E-state index is 0.0348. The fourth-order valence-corrected chi connectivity index (χ4v) is 3.37. The van der Waals surface area contributed by atoms with Gasteiger partial charge in [-0.2, -0.15) is 0 Å². The number of nitrogen functional groups attached to an aromatic ring is 1. The van der Waals surface area contributed by atoms with Gasteiger partial charge in [-0.25, -0.2) is 4.79 Å². The predicted molar refractivity (Wildman–Crippen MR) is 125 cm³/mol. The Morgan fingerprint density at radius 2 is 1.78 bits per heavy atom. The van der Waals surface area contributed by atoms with E-state index in [0.29, 0.717) is 12.2 Å². The second kappa shape index (κ2) is 10.5. The summed E-state index contributed by atoms with van der Waals surface area (Å²) >= 11 is 0. The average molecular weight is 437 g/mol. The Hall–Kier alpha value is -3.81. The topological polar surface area (TPSA) is 110 Å². The van der Waals surface area contributed by atoms with Crippen molar-refractivity contribution >= 4 is 17.4 Å². The van der Waals surface area contributed by atoms with Crippen LogP contribution in [0.2, 0.25) is 0 Å². The van der Waals surface area contributed by atoms with E-state index in [1.54, 1.807) is 6.07 Å². The number of rotatable bonds is 9. The van der Waals surface area contributed by atoms with Gasteiger partial charge in [0.05, 0.1) is 6.54 Å². The highest BCUT2D eigenvalue weighted by Crippen LogP contribution is 2.20. The minimum atomic E-state index is -0.697. The van der Waals surface area contributed by atoms with Crippen LogP contribution in [-0.4, -0.2) is 28.6 Å². The van der Waals surface area contributed by atoms with E-state index >= 15 is 0 Å². The molecule has 32 heavy (non-hydrogen) atoms. The van der Waals surface area contributed by atoms with Gasteiger partial charge in [0, 0.05) is 6.54 Å². The van der Waals surface area contributed by atoms with Crippen molar-refractivity contribution in [2.24, 2.45) is 0 Å². The lowest BCUT2D eigenvalue weighted by molar-refractivity contribution is -0.120. The van der Waals surface area contributed by atoms with Crippen LogP contribution < -0.4 is 26.6 Å². The Morgan fingerprint density at radius 1 is 1.09 bits per heavy atom. The molecule has 0 bridgehead atoms. The first-order chi connectivity index (χ1) is 15.4. The number of amides is 1. The monoisotopic (exact) mass is 436 g/mol. The van der Waals surface area contributed by atoms with Gasteiger partial charge in [0.1, 0.15) is 11.6 Å². The summed E-state index contributed by atoms with van der Waals surface area (Å²) in [5, 5.41) is 0. The van der Waals surface area contributed by atoms with Crippen LogP contribution in [0.15, 0.2) is 64.2 Å². The maximum absolute atomic E-state index is 13.1. The van der Waals surface area contributed by atoms with Crippen molar-refractivity contribution in [1.82, 2.24) is 9.55 Å². The summed E-state index contributed by atoms with van der Waals surface area (Å²) in [6, 6.07) is 16.6. The second-order valence-electron chi connectivity index (χ2n) is 7.52. The molecule has 0 aliphatic heterocycles. The summed E-state index contributed by atoms with van der Waals surface area (Å²) in [6.45, 7) is 4.06. The average Bonchev–Trinajstić information content (AvgIpc) is 2.78. The Morgan fingerprint density at radius 3 is 2.47 bits per heavy atom. The molecule has 1 heterocycles. The van der Waals surface area contributed by atoms with Gasteiger partial charge in [-0.3, -0.25) is 19.1 Å². The zero-order valence-corrected chi connectivity index (χ0v) is 18.3. The van der Waals surface area contributed by atoms with Crippen molar-refractivity contribution in [1.29, 1.82) is 0 Å². The predicted octanol–water partition coefficient (Wildman–Crippen LogP) is 2.69. The molecule has 8 heteroatoms. The van der Waals surface area contributed by atoms with Crippen molar-refractivity contribution in [3.8, 4) is 5.75 Å². The molecule has 0 saturated carbocycles. The van der Waals surface area contributed by atoms with E-state index in [1.807, 2.05) is 62.4 Å². The lowest BCUT2D eigenvalue weighted by Crippen LogP contribution is -2.43. The van der Waals surface area contributed by atoms with Crippen LogP contribution in [0.4, 0.5) is 11.5 Å². The Balaban J connectivity index is 1.94. The van der Waals surface area contributed by atoms with Gasteiger partial charge in [0.15, 0.2) is 12.3 Å². The molecule has 0 radical (unpaired) electrons. The van der Waals surface area contributed by atoms with E-state index in [2.05, 4.69) is 4.98 Å². The van der Waals surface area contributed by atoms with Crippen LogP contribution in [0.3, 0.4) is 0 Å². The van der Waals surface area contributed by atoms with Crippen LogP contribution in [0.25, 0.3) is 0 Å². The number of carbonyl (C=O) groups is 1. The van der Waals surface area contributed by atoms with Gasteiger partial charge in [0.25, 0.3) is 11.5 Å². The van der Waals surface area contributed by atoms with Gasteiger partial charge >= 0.3 is 5.69 Å². The van der Waals surface area contributed by atoms with Crippen molar-refractivity contribution in [2.45, 2.75) is 33.2 Å². The van der Waals surface area contributed by atoms with E-state index in [1.165, 1.54) is 9.47 Å². The highest BCUT2D eigenvalue weighted by Gasteiger charge is 2.24. The third-order valence-electron chi connectivity index (χ3n) is 5.15. The summed E-state index contributed by atoms with van der Waals surface area (Å²) in [5.74, 6) is 0.124. The number of nitrogens with zero attached hydrogens (tertiary/aromatic N) is 2. The van der Waals surface area contributed by atoms with E-state index in [-0.39, 0.29) is 31.2 Å². The summed E-state index contributed by atoms with van der Waals surface area (Å²) in [7, 11) is 0. The van der Waals surface area contributed by atoms with Crippen molar-refractivity contribution in [3.05, 3.63) is 86.6 Å². The van der Waals surface area contributed by atoms with E-state index in [0.717, 1.165) is 17.5 Å². The Labute approximate surface area is 186 Å². The fourth-order valence-electron chi connectivity index (χ4n) is 3.37. The molecular formula is C24H28N4O4. The molecule has 3 rings (SSSR count). The lowest BCUT2D eigenvalue weighted by atomic mass is 10.2. The van der Waals surface area contributed by atoms with Crippen LogP contribution in [0.5, 0.6) is 5.75 Å². The lowest BCUT2D eigenvalue weighted by Gasteiger charge is -2.24. The summed E-state index contributed by atoms with van der Waals surface area (Å²) in [5.41, 5.74) is 6.66. The molecule has 1 amide bonds. The third-order valence-corrected chi connectivity index (χ3v) is 5.15. The smallest absolute Gasteiger partial charge is 0.330 e. The molecule has 0 saturated heterocycles. The van der Waals surface area contributed by atoms with Gasteiger partial charge in [0.2, 0.25) is 0 Å². The molecule has 0 spiro atoms. The molecule has 168 valence electrons. The normalized spacial score (nSPS) is 10.7. The van der Waals surface area contributed by atoms with Gasteiger partial charge in [-0.15, -0.1) is 0 Å². The number of nitrogens with two attached hydrogens (primary N) is 1. The molecule has 8 nitrogen and oxygen atoms in total. The fraction of sp³-hybridized carbons (Fsp3) is 0.292. The zero-order chi connectivity index (χ0) is 23.1. The second-order valence-corrected chi connectivity index (χ2v) is 7.52. The number of benzene rings is 2. The number of unbranched alkanes of at least 4 members (excludes halogenated alkanes) is 1. The van der Waals surface area contributed by atoms with Crippen LogP contribution in [-0.2, 0) is 11.3 Å². The highest BCUT2D eigenvalue weighted by molar-refractivity contribution is 5.96. The molecular weight excluding hydrogens is 408 g/mol. The van der Waals surface area contributed by atoms with Crippen LogP contribution >= 0.6 is 0 Å². The first-order valence-corrected chi connectivity index (χ1v) is 10.6. The van der Waals surface area contributed by atoms with Gasteiger partial charge in [-0.1, -0.05) is 61.9 Å². The Bertz CT molecular complexity index is 1180. The zero-order valence-electron chi connectivity index (χ0n) is 18.3. The van der Waals surface area contributed by atoms with Crippen molar-refractivity contribution < 1.29 is 9.53 Å². The number of ether oxygens (including phenoxy) is 1. The summed E-state index contributed by atoms with van der Waals surface area (Å²) in [4.78, 5) is 41.9. The molecule has 3 N–H and O–H groups in total. The number of carbonyl (C=O) groups excluding carboxylic acids is 1. The van der Waals surface area contributed by atoms with Gasteiger partial charge in [-0.05, 0) is 30.5 Å². The number of para-hydroxylation sites is 1. The summed E-state index contributed by atoms with van der Waals surface area (Å²) in [6.07, 6.45) is 1.47. The Kier molecular flexibility index (Phi) is 7.49. The molecule has 2 aromatic carbocycles. The van der Waals surface area contributed by atoms with Crippen molar-refractivity contribution in [3.63, 3.8) is 0 Å². The quantitative estimate of drug-likeness (QED) is 0.536. The van der Waals surface area contributed by atoms with E-state index in [9.17, 15) is 14.4 Å². The first-order valence-electron chi connectivity index (χ1n) is 10.6. The standard InChI is InChI=1S/C24H28N4O4/c1-3-4-14-27(20(29)16-32-19-13-9-8-10-17(19)2)21-22(25)28(24(31)26-23(21)30)15-18-11-6-5-7-12-18/h5-13H,3-4,14-16,25H2,1-2H3,(H,26,30,31). The number of aryl methyl sites for hydroxylation is 1. The first kappa shape index (κ1) is 22.9. The van der Waals surface area contributed by atoms with E-state index < -0.39 is 17.2 Å². The van der Waals surface area contributed by atoms with Crippen LogP contribution in [0.1, 0.15) is 30.9 Å². The molecule has 0 unspecified atom stereocenters. The molecule has 0 atom stereocenters. The number of nitrogens with one attached hydrogen (secondary N) is 1.